The summed E-state index contributed by atoms with van der Waals surface area (Å²) < 4.78 is 0. The van der Waals surface area contributed by atoms with Gasteiger partial charge in [-0.25, -0.2) is 0 Å². The van der Waals surface area contributed by atoms with Gasteiger partial charge in [0.25, 0.3) is 0 Å². The molecule has 0 bridgehead atoms. The van der Waals surface area contributed by atoms with Crippen LogP contribution in [0.3, 0.4) is 0 Å². The molecule has 1 saturated carbocycles. The summed E-state index contributed by atoms with van der Waals surface area (Å²) >= 11 is 0. The monoisotopic (exact) mass is 203 g/mol. The molecule has 1 aromatic carbocycles. The number of anilines is 1. The Hall–Kier alpha value is -1.31. The first-order chi connectivity index (χ1) is 7.27. The molecule has 1 atom stereocenters. The smallest absolute Gasteiger partial charge is 0.227 e. The van der Waals surface area contributed by atoms with Crippen LogP contribution in [0.25, 0.3) is 0 Å². The molecule has 0 aromatic heterocycles. The van der Waals surface area contributed by atoms with Gasteiger partial charge in [0, 0.05) is 11.6 Å². The van der Waals surface area contributed by atoms with E-state index in [1.54, 1.807) is 0 Å². The van der Waals surface area contributed by atoms with Crippen molar-refractivity contribution in [2.45, 2.75) is 26.2 Å². The van der Waals surface area contributed by atoms with Crippen molar-refractivity contribution in [3.05, 3.63) is 30.3 Å². The molecule has 80 valence electrons. The Morgan fingerprint density at radius 2 is 2.00 bits per heavy atom. The summed E-state index contributed by atoms with van der Waals surface area (Å²) in [5.41, 5.74) is 0.897. The second-order valence-electron chi connectivity index (χ2n) is 4.33. The van der Waals surface area contributed by atoms with E-state index in [1.165, 1.54) is 19.3 Å². The third kappa shape index (κ3) is 2.38. The number of para-hydroxylation sites is 1. The molecule has 0 heterocycles. The van der Waals surface area contributed by atoms with Crippen LogP contribution in [0, 0.1) is 11.8 Å². The van der Waals surface area contributed by atoms with E-state index in [-0.39, 0.29) is 11.8 Å². The number of hydrogen-bond acceptors (Lipinski definition) is 1. The van der Waals surface area contributed by atoms with E-state index in [1.807, 2.05) is 37.3 Å². The molecule has 2 heteroatoms. The normalized spacial score (nSPS) is 17.9. The lowest BCUT2D eigenvalue weighted by Gasteiger charge is -2.30. The first-order valence-corrected chi connectivity index (χ1v) is 5.63. The molecule has 1 aliphatic carbocycles. The Labute approximate surface area is 90.7 Å². The van der Waals surface area contributed by atoms with Crippen molar-refractivity contribution < 1.29 is 4.79 Å². The first-order valence-electron chi connectivity index (χ1n) is 5.63. The van der Waals surface area contributed by atoms with Crippen LogP contribution in [0.4, 0.5) is 5.69 Å². The van der Waals surface area contributed by atoms with Gasteiger partial charge in [0.1, 0.15) is 0 Å². The Morgan fingerprint density at radius 1 is 1.33 bits per heavy atom. The van der Waals surface area contributed by atoms with Crippen molar-refractivity contribution in [3.8, 4) is 0 Å². The predicted molar refractivity (Wildman–Crippen MR) is 61.6 cm³/mol. The number of carbonyl (C=O) groups excluding carboxylic acids is 1. The van der Waals surface area contributed by atoms with Gasteiger partial charge in [0.15, 0.2) is 0 Å². The maximum Gasteiger partial charge on any atom is 0.227 e. The number of amides is 1. The van der Waals surface area contributed by atoms with Crippen molar-refractivity contribution in [2.24, 2.45) is 11.8 Å². The molecular weight excluding hydrogens is 186 g/mol. The lowest BCUT2D eigenvalue weighted by Crippen LogP contribution is -2.30. The summed E-state index contributed by atoms with van der Waals surface area (Å²) in [4.78, 5) is 11.8. The van der Waals surface area contributed by atoms with Crippen LogP contribution in [0.2, 0.25) is 0 Å². The van der Waals surface area contributed by atoms with Crippen molar-refractivity contribution in [1.82, 2.24) is 0 Å². The van der Waals surface area contributed by atoms with Crippen molar-refractivity contribution in [2.75, 3.05) is 5.32 Å². The van der Waals surface area contributed by atoms with E-state index < -0.39 is 0 Å². The van der Waals surface area contributed by atoms with E-state index in [4.69, 9.17) is 0 Å². The second kappa shape index (κ2) is 4.47. The number of hydrogen-bond donors (Lipinski definition) is 1. The molecule has 0 spiro atoms. The lowest BCUT2D eigenvalue weighted by atomic mass is 9.76. The van der Waals surface area contributed by atoms with Crippen LogP contribution in [0.1, 0.15) is 26.2 Å². The van der Waals surface area contributed by atoms with Crippen LogP contribution in [0.5, 0.6) is 0 Å². The van der Waals surface area contributed by atoms with Gasteiger partial charge < -0.3 is 5.32 Å². The van der Waals surface area contributed by atoms with Gasteiger partial charge in [0.05, 0.1) is 0 Å². The number of nitrogens with one attached hydrogen (secondary N) is 1. The summed E-state index contributed by atoms with van der Waals surface area (Å²) in [6.45, 7) is 2.03. The summed E-state index contributed by atoms with van der Waals surface area (Å²) in [6.07, 6.45) is 3.71. The van der Waals surface area contributed by atoms with Crippen LogP contribution in [-0.4, -0.2) is 5.91 Å². The van der Waals surface area contributed by atoms with E-state index in [0.29, 0.717) is 5.92 Å². The molecule has 0 saturated heterocycles. The molecule has 15 heavy (non-hydrogen) atoms. The molecule has 2 rings (SSSR count). The molecule has 1 amide bonds. The summed E-state index contributed by atoms with van der Waals surface area (Å²) in [6, 6.07) is 9.66. The Bertz CT molecular complexity index is 330. The fourth-order valence-electron chi connectivity index (χ4n) is 1.93. The van der Waals surface area contributed by atoms with E-state index in [2.05, 4.69) is 5.32 Å². The minimum absolute atomic E-state index is 0.152. The van der Waals surface area contributed by atoms with E-state index in [0.717, 1.165) is 5.69 Å². The van der Waals surface area contributed by atoms with Crippen molar-refractivity contribution >= 4 is 11.6 Å². The van der Waals surface area contributed by atoms with Crippen LogP contribution in [0.15, 0.2) is 30.3 Å². The molecule has 1 fully saturated rings. The first kappa shape index (κ1) is 10.2. The van der Waals surface area contributed by atoms with Crippen LogP contribution < -0.4 is 5.32 Å². The number of rotatable bonds is 3. The van der Waals surface area contributed by atoms with Gasteiger partial charge in [-0.3, -0.25) is 4.79 Å². The van der Waals surface area contributed by atoms with Gasteiger partial charge in [-0.05, 0) is 30.9 Å². The summed E-state index contributed by atoms with van der Waals surface area (Å²) in [7, 11) is 0. The maximum absolute atomic E-state index is 11.8. The third-order valence-electron chi connectivity index (χ3n) is 3.31. The van der Waals surface area contributed by atoms with Gasteiger partial charge in [0.2, 0.25) is 5.91 Å². The summed E-state index contributed by atoms with van der Waals surface area (Å²) in [5.74, 6) is 0.915. The molecule has 1 aliphatic rings. The van der Waals surface area contributed by atoms with Gasteiger partial charge in [-0.2, -0.15) is 0 Å². The SMILES string of the molecule is CC(C(=O)Nc1ccccc1)C1CCC1. The quantitative estimate of drug-likeness (QED) is 0.803. The predicted octanol–water partition coefficient (Wildman–Crippen LogP) is 3.06. The zero-order valence-electron chi connectivity index (χ0n) is 9.07. The molecule has 0 aliphatic heterocycles. The van der Waals surface area contributed by atoms with Gasteiger partial charge in [-0.15, -0.1) is 0 Å². The zero-order chi connectivity index (χ0) is 10.7. The highest BCUT2D eigenvalue weighted by Gasteiger charge is 2.28. The second-order valence-corrected chi connectivity index (χ2v) is 4.33. The van der Waals surface area contributed by atoms with Gasteiger partial charge in [-0.1, -0.05) is 31.5 Å². The largest absolute Gasteiger partial charge is 0.326 e. The Kier molecular flexibility index (Phi) is 3.05. The van der Waals surface area contributed by atoms with E-state index >= 15 is 0 Å². The zero-order valence-corrected chi connectivity index (χ0v) is 9.07. The average molecular weight is 203 g/mol. The molecule has 1 unspecified atom stereocenters. The highest BCUT2D eigenvalue weighted by atomic mass is 16.1. The Balaban J connectivity index is 1.91. The maximum atomic E-state index is 11.8. The fraction of sp³-hybridized carbons (Fsp3) is 0.462. The summed E-state index contributed by atoms with van der Waals surface area (Å²) in [5, 5.41) is 2.95. The standard InChI is InChI=1S/C13H17NO/c1-10(11-6-5-7-11)13(15)14-12-8-3-2-4-9-12/h2-4,8-11H,5-7H2,1H3,(H,14,15). The topological polar surface area (TPSA) is 29.1 Å². The number of benzene rings is 1. The third-order valence-corrected chi connectivity index (χ3v) is 3.31. The minimum Gasteiger partial charge on any atom is -0.326 e. The van der Waals surface area contributed by atoms with Crippen LogP contribution in [-0.2, 0) is 4.79 Å². The van der Waals surface area contributed by atoms with Gasteiger partial charge >= 0.3 is 0 Å². The number of carbonyl (C=O) groups is 1. The molecule has 2 nitrogen and oxygen atoms in total. The lowest BCUT2D eigenvalue weighted by molar-refractivity contribution is -0.121. The molecule has 0 radical (unpaired) electrons. The molecule has 1 aromatic rings. The average Bonchev–Trinajstić information content (AvgIpc) is 2.16. The highest BCUT2D eigenvalue weighted by molar-refractivity contribution is 5.92. The fourth-order valence-corrected chi connectivity index (χ4v) is 1.93. The van der Waals surface area contributed by atoms with E-state index in [9.17, 15) is 4.79 Å². The molecular formula is C13H17NO. The molecule has 1 N–H and O–H groups in total. The van der Waals surface area contributed by atoms with Crippen molar-refractivity contribution in [1.29, 1.82) is 0 Å². The highest BCUT2D eigenvalue weighted by Crippen LogP contribution is 2.33. The van der Waals surface area contributed by atoms with Crippen molar-refractivity contribution in [3.63, 3.8) is 0 Å². The minimum atomic E-state index is 0.152. The van der Waals surface area contributed by atoms with Crippen LogP contribution >= 0.6 is 0 Å². The Morgan fingerprint density at radius 3 is 2.53 bits per heavy atom.